The molecule has 2 atom stereocenters. The summed E-state index contributed by atoms with van der Waals surface area (Å²) in [5, 5.41) is 1.08. The number of fused-ring (bicyclic) bond motifs is 1. The molecule has 42 heavy (non-hydrogen) atoms. The van der Waals surface area contributed by atoms with Crippen molar-refractivity contribution in [2.24, 2.45) is 0 Å². The number of hydrogen-bond donors (Lipinski definition) is 0. The molecule has 1 fully saturated rings. The van der Waals surface area contributed by atoms with Crippen LogP contribution in [0.15, 0.2) is 83.7 Å². The zero-order valence-electron chi connectivity index (χ0n) is 24.8. The fourth-order valence-corrected chi connectivity index (χ4v) is 5.98. The molecule has 0 saturated carbocycles. The molecule has 0 N–H and O–H groups in total. The number of hydrogen-bond acceptors (Lipinski definition) is 5. The largest absolute Gasteiger partial charge is 0.444 e. The molecule has 0 aliphatic carbocycles. The molecule has 0 bridgehead atoms. The van der Waals surface area contributed by atoms with E-state index in [1.54, 1.807) is 23.1 Å². The summed E-state index contributed by atoms with van der Waals surface area (Å²) in [6, 6.07) is 25.5. The molecule has 1 aliphatic rings. The standard InChI is InChI=1S/C34H39ClN4O3/c1-5-29(31-36-28-22-26(35)16-17-27(28)32(40)39(31)23-24-12-8-6-9-13-24)38-21-20-37(33(41)42-34(2,3)4)19-18-30(38)25-14-10-7-11-15-25/h6-17,22,29-30H,5,18-21,23H2,1-4H3. The molecule has 220 valence electrons. The topological polar surface area (TPSA) is 67.7 Å². The second-order valence-corrected chi connectivity index (χ2v) is 12.3. The summed E-state index contributed by atoms with van der Waals surface area (Å²) in [4.78, 5) is 36.5. The Bertz CT molecular complexity index is 1580. The molecule has 1 aromatic heterocycles. The molecule has 2 unspecified atom stereocenters. The smallest absolute Gasteiger partial charge is 0.410 e. The SMILES string of the molecule is CCC(c1nc2cc(Cl)ccc2c(=O)n1Cc1ccccc1)N1CCN(C(=O)OC(C)(C)C)CCC1c1ccccc1. The van der Waals surface area contributed by atoms with Gasteiger partial charge in [0.15, 0.2) is 0 Å². The van der Waals surface area contributed by atoms with E-state index in [0.29, 0.717) is 47.9 Å². The van der Waals surface area contributed by atoms with Gasteiger partial charge in [0.1, 0.15) is 11.4 Å². The van der Waals surface area contributed by atoms with Crippen molar-refractivity contribution < 1.29 is 9.53 Å². The Morgan fingerprint density at radius 1 is 1.00 bits per heavy atom. The lowest BCUT2D eigenvalue weighted by atomic mass is 9.99. The van der Waals surface area contributed by atoms with Crippen LogP contribution >= 0.6 is 11.6 Å². The molecule has 0 radical (unpaired) electrons. The Hall–Kier alpha value is -3.68. The second-order valence-electron chi connectivity index (χ2n) is 11.9. The molecule has 8 heteroatoms. The molecule has 1 aliphatic heterocycles. The molecule has 7 nitrogen and oxygen atoms in total. The fourth-order valence-electron chi connectivity index (χ4n) is 5.81. The highest BCUT2D eigenvalue weighted by Crippen LogP contribution is 2.36. The van der Waals surface area contributed by atoms with Crippen LogP contribution in [-0.2, 0) is 11.3 Å². The van der Waals surface area contributed by atoms with Crippen molar-refractivity contribution in [1.82, 2.24) is 19.4 Å². The van der Waals surface area contributed by atoms with Gasteiger partial charge in [0, 0.05) is 30.7 Å². The van der Waals surface area contributed by atoms with Crippen molar-refractivity contribution in [1.29, 1.82) is 0 Å². The van der Waals surface area contributed by atoms with E-state index in [-0.39, 0.29) is 23.7 Å². The Morgan fingerprint density at radius 3 is 2.36 bits per heavy atom. The number of aromatic nitrogens is 2. The van der Waals surface area contributed by atoms with Crippen molar-refractivity contribution in [2.75, 3.05) is 19.6 Å². The van der Waals surface area contributed by atoms with Crippen molar-refractivity contribution in [3.05, 3.63) is 111 Å². The van der Waals surface area contributed by atoms with Crippen molar-refractivity contribution >= 4 is 28.6 Å². The molecule has 4 aromatic rings. The average molecular weight is 587 g/mol. The third-order valence-corrected chi connectivity index (χ3v) is 7.99. The number of halogens is 1. The predicted molar refractivity (Wildman–Crippen MR) is 168 cm³/mol. The van der Waals surface area contributed by atoms with Gasteiger partial charge in [-0.2, -0.15) is 0 Å². The van der Waals surface area contributed by atoms with Gasteiger partial charge in [0.25, 0.3) is 5.56 Å². The monoisotopic (exact) mass is 586 g/mol. The van der Waals surface area contributed by atoms with Gasteiger partial charge in [-0.1, -0.05) is 79.2 Å². The number of benzene rings is 3. The molecule has 2 heterocycles. The molecule has 3 aromatic carbocycles. The summed E-state index contributed by atoms with van der Waals surface area (Å²) in [6.07, 6.45) is 1.15. The Balaban J connectivity index is 1.61. The lowest BCUT2D eigenvalue weighted by molar-refractivity contribution is 0.0254. The van der Waals surface area contributed by atoms with E-state index in [1.165, 1.54) is 5.56 Å². The van der Waals surface area contributed by atoms with Crippen molar-refractivity contribution in [3.63, 3.8) is 0 Å². The van der Waals surface area contributed by atoms with Gasteiger partial charge in [-0.15, -0.1) is 0 Å². The van der Waals surface area contributed by atoms with E-state index in [4.69, 9.17) is 21.3 Å². The Kier molecular flexibility index (Phi) is 8.99. The first-order valence-corrected chi connectivity index (χ1v) is 15.0. The Morgan fingerprint density at radius 2 is 1.69 bits per heavy atom. The summed E-state index contributed by atoms with van der Waals surface area (Å²) < 4.78 is 7.56. The summed E-state index contributed by atoms with van der Waals surface area (Å²) in [6.45, 7) is 9.88. The van der Waals surface area contributed by atoms with Gasteiger partial charge in [0.05, 0.1) is 23.5 Å². The minimum Gasteiger partial charge on any atom is -0.444 e. The summed E-state index contributed by atoms with van der Waals surface area (Å²) in [5.74, 6) is 0.702. The van der Waals surface area contributed by atoms with Crippen LogP contribution in [0.25, 0.3) is 10.9 Å². The third-order valence-electron chi connectivity index (χ3n) is 7.75. The first kappa shape index (κ1) is 29.8. The average Bonchev–Trinajstić information content (AvgIpc) is 3.19. The van der Waals surface area contributed by atoms with Gasteiger partial charge in [-0.05, 0) is 62.9 Å². The molecule has 1 amide bonds. The summed E-state index contributed by atoms with van der Waals surface area (Å²) in [7, 11) is 0. The van der Waals surface area contributed by atoms with Gasteiger partial charge < -0.3 is 9.64 Å². The minimum atomic E-state index is -0.572. The van der Waals surface area contributed by atoms with Gasteiger partial charge >= 0.3 is 6.09 Å². The van der Waals surface area contributed by atoms with Crippen LogP contribution in [0.4, 0.5) is 4.79 Å². The molecule has 1 saturated heterocycles. The van der Waals surface area contributed by atoms with Crippen molar-refractivity contribution in [2.45, 2.75) is 64.8 Å². The highest BCUT2D eigenvalue weighted by molar-refractivity contribution is 6.31. The first-order valence-electron chi connectivity index (χ1n) is 14.7. The highest BCUT2D eigenvalue weighted by Gasteiger charge is 2.35. The molecule has 5 rings (SSSR count). The quantitative estimate of drug-likeness (QED) is 0.238. The lowest BCUT2D eigenvalue weighted by Crippen LogP contribution is -2.41. The van der Waals surface area contributed by atoms with Crippen LogP contribution in [0.1, 0.15) is 69.6 Å². The third kappa shape index (κ3) is 6.69. The maximum Gasteiger partial charge on any atom is 0.410 e. The van der Waals surface area contributed by atoms with Crippen LogP contribution in [0, 0.1) is 0 Å². The summed E-state index contributed by atoms with van der Waals surface area (Å²) in [5.41, 5.74) is 2.12. The lowest BCUT2D eigenvalue weighted by Gasteiger charge is -2.37. The molecular formula is C34H39ClN4O3. The van der Waals surface area contributed by atoms with Gasteiger partial charge in [-0.3, -0.25) is 14.3 Å². The second kappa shape index (κ2) is 12.7. The summed E-state index contributed by atoms with van der Waals surface area (Å²) >= 11 is 6.36. The zero-order valence-corrected chi connectivity index (χ0v) is 25.6. The van der Waals surface area contributed by atoms with Crippen LogP contribution in [0.3, 0.4) is 0 Å². The molecular weight excluding hydrogens is 548 g/mol. The van der Waals surface area contributed by atoms with Crippen LogP contribution < -0.4 is 5.56 Å². The van der Waals surface area contributed by atoms with Crippen LogP contribution in [0.2, 0.25) is 5.02 Å². The van der Waals surface area contributed by atoms with Crippen LogP contribution in [-0.4, -0.2) is 50.7 Å². The van der Waals surface area contributed by atoms with E-state index < -0.39 is 5.60 Å². The maximum atomic E-state index is 14.1. The highest BCUT2D eigenvalue weighted by atomic mass is 35.5. The predicted octanol–water partition coefficient (Wildman–Crippen LogP) is 7.23. The van der Waals surface area contributed by atoms with Gasteiger partial charge in [0.2, 0.25) is 0 Å². The zero-order chi connectivity index (χ0) is 29.9. The van der Waals surface area contributed by atoms with Gasteiger partial charge in [-0.25, -0.2) is 9.78 Å². The number of nitrogens with zero attached hydrogens (tertiary/aromatic N) is 4. The number of ether oxygens (including phenoxy) is 1. The van der Waals surface area contributed by atoms with E-state index >= 15 is 0 Å². The van der Waals surface area contributed by atoms with E-state index in [9.17, 15) is 9.59 Å². The fraction of sp³-hybridized carbons (Fsp3) is 0.382. The maximum absolute atomic E-state index is 14.1. The van der Waals surface area contributed by atoms with E-state index in [1.807, 2.05) is 73.9 Å². The van der Waals surface area contributed by atoms with Crippen LogP contribution in [0.5, 0.6) is 0 Å². The number of rotatable bonds is 6. The van der Waals surface area contributed by atoms with E-state index in [2.05, 4.69) is 24.0 Å². The minimum absolute atomic E-state index is 0.0146. The number of amides is 1. The normalized spacial score (nSPS) is 17.2. The molecule has 0 spiro atoms. The first-order chi connectivity index (χ1) is 20.1. The number of carbonyl (C=O) groups excluding carboxylic acids is 1. The number of carbonyl (C=O) groups is 1. The van der Waals surface area contributed by atoms with Crippen molar-refractivity contribution in [3.8, 4) is 0 Å². The van der Waals surface area contributed by atoms with E-state index in [0.717, 1.165) is 18.4 Å². The Labute approximate surface area is 252 Å².